The van der Waals surface area contributed by atoms with Gasteiger partial charge < -0.3 is 4.90 Å². The van der Waals surface area contributed by atoms with E-state index in [4.69, 9.17) is 4.98 Å². The molecule has 1 saturated heterocycles. The monoisotopic (exact) mass is 370 g/mol. The number of aromatic amines is 1. The van der Waals surface area contributed by atoms with Gasteiger partial charge in [0.2, 0.25) is 5.91 Å². The van der Waals surface area contributed by atoms with Gasteiger partial charge in [0.25, 0.3) is 5.56 Å². The number of aryl methyl sites for hydroxylation is 1. The fourth-order valence-electron chi connectivity index (χ4n) is 3.51. The topological polar surface area (TPSA) is 70.5 Å². The minimum absolute atomic E-state index is 0.113. The number of aromatic nitrogens is 3. The Labute approximate surface area is 155 Å². The molecule has 0 atom stereocenters. The molecule has 136 valence electrons. The van der Waals surface area contributed by atoms with E-state index in [1.165, 1.54) is 4.52 Å². The summed E-state index contributed by atoms with van der Waals surface area (Å²) in [7, 11) is 0. The highest BCUT2D eigenvalue weighted by molar-refractivity contribution is 7.13. The van der Waals surface area contributed by atoms with Gasteiger partial charge in [0, 0.05) is 37.6 Å². The summed E-state index contributed by atoms with van der Waals surface area (Å²) >= 11 is 1.63. The van der Waals surface area contributed by atoms with Crippen LogP contribution >= 0.6 is 11.3 Å². The Morgan fingerprint density at radius 1 is 1.27 bits per heavy atom. The van der Waals surface area contributed by atoms with Crippen molar-refractivity contribution in [2.24, 2.45) is 0 Å². The number of carbonyl (C=O) groups excluding carboxylic acids is 1. The third-order valence-electron chi connectivity index (χ3n) is 4.98. The first kappa shape index (κ1) is 17.0. The predicted molar refractivity (Wildman–Crippen MR) is 103 cm³/mol. The summed E-state index contributed by atoms with van der Waals surface area (Å²) in [5.41, 5.74) is 3.20. The molecule has 3 aromatic heterocycles. The van der Waals surface area contributed by atoms with E-state index in [2.05, 4.69) is 5.10 Å². The molecule has 7 heteroatoms. The zero-order chi connectivity index (χ0) is 18.1. The number of rotatable bonds is 4. The van der Waals surface area contributed by atoms with Gasteiger partial charge >= 0.3 is 0 Å². The first-order valence-electron chi connectivity index (χ1n) is 9.06. The quantitative estimate of drug-likeness (QED) is 0.767. The second-order valence-corrected chi connectivity index (χ2v) is 7.72. The van der Waals surface area contributed by atoms with Crippen LogP contribution in [0.3, 0.4) is 0 Å². The van der Waals surface area contributed by atoms with Crippen LogP contribution in [0.1, 0.15) is 36.9 Å². The number of nitrogens with zero attached hydrogens (tertiary/aromatic N) is 3. The molecule has 0 aliphatic carbocycles. The maximum absolute atomic E-state index is 12.5. The molecule has 1 fully saturated rings. The third kappa shape index (κ3) is 3.19. The van der Waals surface area contributed by atoms with Gasteiger partial charge in [-0.3, -0.25) is 14.7 Å². The van der Waals surface area contributed by atoms with Crippen molar-refractivity contribution < 1.29 is 4.79 Å². The van der Waals surface area contributed by atoms with Gasteiger partial charge in [0.15, 0.2) is 5.65 Å². The van der Waals surface area contributed by atoms with Gasteiger partial charge in [-0.1, -0.05) is 12.5 Å². The van der Waals surface area contributed by atoms with E-state index < -0.39 is 0 Å². The van der Waals surface area contributed by atoms with E-state index in [9.17, 15) is 9.59 Å². The zero-order valence-corrected chi connectivity index (χ0v) is 15.6. The Morgan fingerprint density at radius 2 is 2.15 bits per heavy atom. The average Bonchev–Trinajstić information content (AvgIpc) is 3.20. The largest absolute Gasteiger partial charge is 0.342 e. The predicted octanol–water partition coefficient (Wildman–Crippen LogP) is 3.00. The zero-order valence-electron chi connectivity index (χ0n) is 14.8. The van der Waals surface area contributed by atoms with Gasteiger partial charge in [-0.25, -0.2) is 9.50 Å². The van der Waals surface area contributed by atoms with Crippen molar-refractivity contribution in [3.63, 3.8) is 0 Å². The molecule has 1 aliphatic rings. The van der Waals surface area contributed by atoms with E-state index in [1.54, 1.807) is 17.4 Å². The number of fused-ring (bicyclic) bond motifs is 1. The second-order valence-electron chi connectivity index (χ2n) is 6.78. The highest BCUT2D eigenvalue weighted by Gasteiger charge is 2.18. The van der Waals surface area contributed by atoms with Gasteiger partial charge in [-0.2, -0.15) is 0 Å². The molecule has 6 nitrogen and oxygen atoms in total. The molecule has 4 heterocycles. The highest BCUT2D eigenvalue weighted by atomic mass is 32.1. The molecule has 1 aliphatic heterocycles. The molecule has 0 saturated carbocycles. The lowest BCUT2D eigenvalue weighted by Crippen LogP contribution is -2.32. The summed E-state index contributed by atoms with van der Waals surface area (Å²) in [5.74, 6) is 0.220. The lowest BCUT2D eigenvalue weighted by Gasteiger charge is -2.20. The van der Waals surface area contributed by atoms with Gasteiger partial charge in [0.1, 0.15) is 0 Å². The molecule has 0 spiro atoms. The molecule has 1 N–H and O–H groups in total. The van der Waals surface area contributed by atoms with E-state index in [0.717, 1.165) is 47.6 Å². The maximum Gasteiger partial charge on any atom is 0.272 e. The molecule has 26 heavy (non-hydrogen) atoms. The Bertz CT molecular complexity index is 987. The van der Waals surface area contributed by atoms with Crippen molar-refractivity contribution >= 4 is 22.9 Å². The Morgan fingerprint density at radius 3 is 2.96 bits per heavy atom. The van der Waals surface area contributed by atoms with Gasteiger partial charge in [0.05, 0.1) is 16.3 Å². The molecule has 4 rings (SSSR count). The van der Waals surface area contributed by atoms with Crippen LogP contribution in [-0.4, -0.2) is 38.5 Å². The number of hydrogen-bond acceptors (Lipinski definition) is 4. The summed E-state index contributed by atoms with van der Waals surface area (Å²) in [6.45, 7) is 3.42. The number of amides is 1. The SMILES string of the molecule is Cc1c(-c2cccs2)[nH]n2c(=O)cc(CCN3CCCCCC3=O)nc12. The van der Waals surface area contributed by atoms with Crippen molar-refractivity contribution in [2.45, 2.75) is 39.0 Å². The molecule has 3 aromatic rings. The van der Waals surface area contributed by atoms with Crippen LogP contribution in [-0.2, 0) is 11.2 Å². The highest BCUT2D eigenvalue weighted by Crippen LogP contribution is 2.27. The van der Waals surface area contributed by atoms with E-state index in [0.29, 0.717) is 25.0 Å². The second kappa shape index (κ2) is 7.07. The molecule has 1 amide bonds. The van der Waals surface area contributed by atoms with Crippen LogP contribution < -0.4 is 5.56 Å². The smallest absolute Gasteiger partial charge is 0.272 e. The number of likely N-dealkylation sites (tertiary alicyclic amines) is 1. The summed E-state index contributed by atoms with van der Waals surface area (Å²) in [5, 5.41) is 5.18. The Hall–Kier alpha value is -2.41. The first-order chi connectivity index (χ1) is 12.6. The van der Waals surface area contributed by atoms with Crippen LogP contribution in [0.25, 0.3) is 16.2 Å². The Kier molecular flexibility index (Phi) is 4.63. The summed E-state index contributed by atoms with van der Waals surface area (Å²) in [6.07, 6.45) is 4.39. The number of carbonyl (C=O) groups is 1. The first-order valence-corrected chi connectivity index (χ1v) is 9.94. The number of nitrogens with one attached hydrogen (secondary N) is 1. The molecule has 0 bridgehead atoms. The minimum atomic E-state index is -0.113. The molecular formula is C19H22N4O2S. The third-order valence-corrected chi connectivity index (χ3v) is 5.87. The average molecular weight is 370 g/mol. The Balaban J connectivity index is 1.61. The lowest BCUT2D eigenvalue weighted by atomic mass is 10.2. The maximum atomic E-state index is 12.5. The van der Waals surface area contributed by atoms with Gasteiger partial charge in [-0.15, -0.1) is 11.3 Å². The number of H-pyrrole nitrogens is 1. The van der Waals surface area contributed by atoms with E-state index in [-0.39, 0.29) is 11.5 Å². The molecular weight excluding hydrogens is 348 g/mol. The fraction of sp³-hybridized carbons (Fsp3) is 0.421. The van der Waals surface area contributed by atoms with E-state index >= 15 is 0 Å². The van der Waals surface area contributed by atoms with Crippen LogP contribution in [0, 0.1) is 6.92 Å². The van der Waals surface area contributed by atoms with Crippen LogP contribution in [0.5, 0.6) is 0 Å². The fourth-order valence-corrected chi connectivity index (χ4v) is 4.29. The van der Waals surface area contributed by atoms with Crippen LogP contribution in [0.4, 0.5) is 0 Å². The van der Waals surface area contributed by atoms with Gasteiger partial charge in [-0.05, 0) is 31.2 Å². The number of hydrogen-bond donors (Lipinski definition) is 1. The normalized spacial score (nSPS) is 15.6. The number of thiophene rings is 1. The van der Waals surface area contributed by atoms with Crippen molar-refractivity contribution in [3.05, 3.63) is 45.2 Å². The summed E-state index contributed by atoms with van der Waals surface area (Å²) in [4.78, 5) is 32.4. The van der Waals surface area contributed by atoms with E-state index in [1.807, 2.05) is 29.3 Å². The lowest BCUT2D eigenvalue weighted by molar-refractivity contribution is -0.130. The molecule has 0 unspecified atom stereocenters. The van der Waals surface area contributed by atoms with Crippen molar-refractivity contribution in [3.8, 4) is 10.6 Å². The van der Waals surface area contributed by atoms with Crippen LogP contribution in [0.2, 0.25) is 0 Å². The standard InChI is InChI=1S/C19H22N4O2S/c1-13-18(15-6-5-11-26-15)21-23-17(25)12-14(20-19(13)23)8-10-22-9-4-2-3-7-16(22)24/h5-6,11-12,21H,2-4,7-10H2,1H3. The summed E-state index contributed by atoms with van der Waals surface area (Å²) < 4.78 is 1.50. The van der Waals surface area contributed by atoms with Crippen molar-refractivity contribution in [2.75, 3.05) is 13.1 Å². The van der Waals surface area contributed by atoms with Crippen molar-refractivity contribution in [1.29, 1.82) is 0 Å². The van der Waals surface area contributed by atoms with Crippen LogP contribution in [0.15, 0.2) is 28.4 Å². The molecule has 0 aromatic carbocycles. The van der Waals surface area contributed by atoms with Crippen molar-refractivity contribution in [1.82, 2.24) is 19.5 Å². The summed E-state index contributed by atoms with van der Waals surface area (Å²) in [6, 6.07) is 5.59. The molecule has 0 radical (unpaired) electrons. The minimum Gasteiger partial charge on any atom is -0.342 e.